The van der Waals surface area contributed by atoms with Gasteiger partial charge in [0, 0.05) is 45.0 Å². The minimum absolute atomic E-state index is 0.0437. The van der Waals surface area contributed by atoms with E-state index in [1.165, 1.54) is 11.3 Å². The minimum atomic E-state index is -0.240. The number of rotatable bonds is 3. The molecule has 2 aromatic rings. The van der Waals surface area contributed by atoms with Gasteiger partial charge in [-0.25, -0.2) is 0 Å². The van der Waals surface area contributed by atoms with Crippen molar-refractivity contribution in [2.45, 2.75) is 26.3 Å². The highest BCUT2D eigenvalue weighted by Gasteiger charge is 2.31. The Hall–Kier alpha value is -3.08. The molecule has 2 aliphatic rings. The molecule has 1 saturated heterocycles. The van der Waals surface area contributed by atoms with Crippen molar-refractivity contribution in [2.24, 2.45) is 0 Å². The number of aryl methyl sites for hydroxylation is 1. The van der Waals surface area contributed by atoms with Gasteiger partial charge in [-0.2, -0.15) is 0 Å². The first-order valence-corrected chi connectivity index (χ1v) is 10.2. The number of carbonyl (C=O) groups excluding carboxylic acids is 2. The van der Waals surface area contributed by atoms with Crippen molar-refractivity contribution in [1.82, 2.24) is 9.80 Å². The van der Waals surface area contributed by atoms with Gasteiger partial charge in [0.1, 0.15) is 0 Å². The summed E-state index contributed by atoms with van der Waals surface area (Å²) in [7, 11) is 0. The van der Waals surface area contributed by atoms with Gasteiger partial charge in [-0.05, 0) is 41.8 Å². The lowest BCUT2D eigenvalue weighted by Gasteiger charge is -2.38. The SMILES string of the molecule is CC(=O)N1C=Cc2ccccc2[C@@H]1CC(=O)N1CCN(c2cccc(C)c2)CC1. The number of hydrogen-bond donors (Lipinski definition) is 0. The third kappa shape index (κ3) is 4.04. The van der Waals surface area contributed by atoms with Crippen LogP contribution >= 0.6 is 0 Å². The molecule has 0 aromatic heterocycles. The lowest BCUT2D eigenvalue weighted by Crippen LogP contribution is -2.49. The van der Waals surface area contributed by atoms with Crippen LogP contribution < -0.4 is 4.90 Å². The van der Waals surface area contributed by atoms with Gasteiger partial charge in [0.2, 0.25) is 11.8 Å². The van der Waals surface area contributed by atoms with Gasteiger partial charge in [-0.15, -0.1) is 0 Å². The summed E-state index contributed by atoms with van der Waals surface area (Å²) < 4.78 is 0. The zero-order chi connectivity index (χ0) is 20.4. The molecule has 29 heavy (non-hydrogen) atoms. The Morgan fingerprint density at radius 1 is 1.00 bits per heavy atom. The Labute approximate surface area is 172 Å². The summed E-state index contributed by atoms with van der Waals surface area (Å²) in [6.45, 7) is 6.71. The van der Waals surface area contributed by atoms with E-state index in [1.54, 1.807) is 18.0 Å². The Kier molecular flexibility index (Phi) is 5.38. The molecule has 0 saturated carbocycles. The van der Waals surface area contributed by atoms with E-state index < -0.39 is 0 Å². The van der Waals surface area contributed by atoms with E-state index in [1.807, 2.05) is 35.2 Å². The molecule has 0 N–H and O–H groups in total. The molecule has 2 heterocycles. The predicted molar refractivity (Wildman–Crippen MR) is 115 cm³/mol. The van der Waals surface area contributed by atoms with Crippen LogP contribution in [-0.2, 0) is 9.59 Å². The Morgan fingerprint density at radius 3 is 2.48 bits per heavy atom. The fourth-order valence-corrected chi connectivity index (χ4v) is 4.25. The quantitative estimate of drug-likeness (QED) is 0.806. The summed E-state index contributed by atoms with van der Waals surface area (Å²) in [5.74, 6) is 0.0630. The van der Waals surface area contributed by atoms with Crippen molar-refractivity contribution in [2.75, 3.05) is 31.1 Å². The fraction of sp³-hybridized carbons (Fsp3) is 0.333. The number of carbonyl (C=O) groups is 2. The standard InChI is InChI=1S/C24H27N3O2/c1-18-6-5-8-21(16-18)25-12-14-26(15-13-25)24(29)17-23-22-9-4-3-7-20(22)10-11-27(23)19(2)28/h3-11,16,23H,12-15,17H2,1-2H3/t23-/m0/s1. The third-order valence-corrected chi connectivity index (χ3v) is 5.84. The summed E-state index contributed by atoms with van der Waals surface area (Å²) in [6, 6.07) is 16.2. The van der Waals surface area contributed by atoms with E-state index in [-0.39, 0.29) is 17.9 Å². The first-order chi connectivity index (χ1) is 14.0. The van der Waals surface area contributed by atoms with Crippen LogP contribution in [0, 0.1) is 6.92 Å². The second kappa shape index (κ2) is 8.11. The van der Waals surface area contributed by atoms with Gasteiger partial charge >= 0.3 is 0 Å². The average molecular weight is 389 g/mol. The molecular weight excluding hydrogens is 362 g/mol. The molecular formula is C24H27N3O2. The molecule has 0 radical (unpaired) electrons. The van der Waals surface area contributed by atoms with Crippen LogP contribution in [0.15, 0.2) is 54.7 Å². The zero-order valence-electron chi connectivity index (χ0n) is 17.0. The topological polar surface area (TPSA) is 43.9 Å². The molecule has 1 fully saturated rings. The monoisotopic (exact) mass is 389 g/mol. The smallest absolute Gasteiger partial charge is 0.225 e. The van der Waals surface area contributed by atoms with E-state index in [0.29, 0.717) is 19.5 Å². The Balaban J connectivity index is 1.44. The first-order valence-electron chi connectivity index (χ1n) is 10.2. The third-order valence-electron chi connectivity index (χ3n) is 5.84. The zero-order valence-corrected chi connectivity index (χ0v) is 17.0. The van der Waals surface area contributed by atoms with E-state index in [4.69, 9.17) is 0 Å². The summed E-state index contributed by atoms with van der Waals surface area (Å²) in [6.07, 6.45) is 4.06. The molecule has 4 rings (SSSR count). The summed E-state index contributed by atoms with van der Waals surface area (Å²) >= 11 is 0. The lowest BCUT2D eigenvalue weighted by atomic mass is 9.93. The predicted octanol–water partition coefficient (Wildman–Crippen LogP) is 3.61. The van der Waals surface area contributed by atoms with Crippen molar-refractivity contribution >= 4 is 23.6 Å². The number of hydrogen-bond acceptors (Lipinski definition) is 3. The maximum atomic E-state index is 13.1. The first kappa shape index (κ1) is 19.2. The molecule has 2 aliphatic heterocycles. The largest absolute Gasteiger partial charge is 0.368 e. The summed E-state index contributed by atoms with van der Waals surface area (Å²) in [5, 5.41) is 0. The minimum Gasteiger partial charge on any atom is -0.368 e. The number of anilines is 1. The number of benzene rings is 2. The Bertz CT molecular complexity index is 945. The number of amides is 2. The lowest BCUT2D eigenvalue weighted by molar-refractivity contribution is -0.134. The van der Waals surface area contributed by atoms with Crippen LogP contribution in [0.4, 0.5) is 5.69 Å². The highest BCUT2D eigenvalue weighted by molar-refractivity contribution is 5.82. The normalized spacial score (nSPS) is 18.6. The van der Waals surface area contributed by atoms with Crippen molar-refractivity contribution in [1.29, 1.82) is 0 Å². The van der Waals surface area contributed by atoms with E-state index >= 15 is 0 Å². The van der Waals surface area contributed by atoms with Gasteiger partial charge in [-0.3, -0.25) is 9.59 Å². The molecule has 2 aromatic carbocycles. The number of nitrogens with zero attached hydrogens (tertiary/aromatic N) is 3. The molecule has 2 amide bonds. The van der Waals surface area contributed by atoms with Gasteiger partial charge in [0.15, 0.2) is 0 Å². The molecule has 0 aliphatic carbocycles. The number of fused-ring (bicyclic) bond motifs is 1. The van der Waals surface area contributed by atoms with Crippen molar-refractivity contribution in [3.8, 4) is 0 Å². The van der Waals surface area contributed by atoms with E-state index in [0.717, 1.165) is 24.2 Å². The molecule has 1 atom stereocenters. The van der Waals surface area contributed by atoms with Crippen LogP contribution in [-0.4, -0.2) is 47.8 Å². The maximum absolute atomic E-state index is 13.1. The van der Waals surface area contributed by atoms with Crippen molar-refractivity contribution in [3.63, 3.8) is 0 Å². The van der Waals surface area contributed by atoms with Crippen LogP contribution in [0.1, 0.15) is 36.1 Å². The van der Waals surface area contributed by atoms with Gasteiger partial charge in [0.25, 0.3) is 0 Å². The van der Waals surface area contributed by atoms with Crippen molar-refractivity contribution < 1.29 is 9.59 Å². The second-order valence-corrected chi connectivity index (χ2v) is 7.80. The highest BCUT2D eigenvalue weighted by atomic mass is 16.2. The van der Waals surface area contributed by atoms with E-state index in [9.17, 15) is 9.59 Å². The average Bonchev–Trinajstić information content (AvgIpc) is 2.74. The van der Waals surface area contributed by atoms with Gasteiger partial charge < -0.3 is 14.7 Å². The highest BCUT2D eigenvalue weighted by Crippen LogP contribution is 2.33. The molecule has 5 heteroatoms. The van der Waals surface area contributed by atoms with Gasteiger partial charge in [-0.1, -0.05) is 36.4 Å². The van der Waals surface area contributed by atoms with Crippen LogP contribution in [0.25, 0.3) is 6.08 Å². The Morgan fingerprint density at radius 2 is 1.76 bits per heavy atom. The van der Waals surface area contributed by atoms with Crippen LogP contribution in [0.3, 0.4) is 0 Å². The fourth-order valence-electron chi connectivity index (χ4n) is 4.25. The molecule has 0 spiro atoms. The molecule has 150 valence electrons. The molecule has 5 nitrogen and oxygen atoms in total. The second-order valence-electron chi connectivity index (χ2n) is 7.80. The van der Waals surface area contributed by atoms with Crippen molar-refractivity contribution in [3.05, 3.63) is 71.4 Å². The van der Waals surface area contributed by atoms with Crippen LogP contribution in [0.5, 0.6) is 0 Å². The van der Waals surface area contributed by atoms with Crippen LogP contribution in [0.2, 0.25) is 0 Å². The maximum Gasteiger partial charge on any atom is 0.225 e. The molecule has 0 bridgehead atoms. The summed E-state index contributed by atoms with van der Waals surface area (Å²) in [4.78, 5) is 31.2. The van der Waals surface area contributed by atoms with Gasteiger partial charge in [0.05, 0.1) is 12.5 Å². The molecule has 0 unspecified atom stereocenters. The summed E-state index contributed by atoms with van der Waals surface area (Å²) in [5.41, 5.74) is 4.57. The number of piperazine rings is 1. The van der Waals surface area contributed by atoms with E-state index in [2.05, 4.69) is 36.1 Å².